The number of rotatable bonds is 3. The maximum Gasteiger partial charge on any atom is 0.272 e. The van der Waals surface area contributed by atoms with Crippen molar-refractivity contribution in [2.45, 2.75) is 64.6 Å². The van der Waals surface area contributed by atoms with Gasteiger partial charge in [0.05, 0.1) is 0 Å². The number of hydrogen-bond donors (Lipinski definition) is 0. The lowest BCUT2D eigenvalue weighted by molar-refractivity contribution is -0.0741. The molecule has 0 heterocycles. The fourth-order valence-electron chi connectivity index (χ4n) is 1.73. The van der Waals surface area contributed by atoms with E-state index in [0.29, 0.717) is 12.0 Å². The average Bonchev–Trinajstić information content (AvgIpc) is 2.02. The molecule has 2 nitrogen and oxygen atoms in total. The van der Waals surface area contributed by atoms with Crippen LogP contribution in [0.15, 0.2) is 12.5 Å². The fraction of sp³-hybridized carbons (Fsp3) is 0.833. The molecule has 0 aromatic rings. The Morgan fingerprint density at radius 3 is 2.21 bits per heavy atom. The van der Waals surface area contributed by atoms with E-state index < -0.39 is 0 Å². The number of ether oxygens (including phenoxy) is 2. The van der Waals surface area contributed by atoms with Gasteiger partial charge < -0.3 is 9.47 Å². The van der Waals surface area contributed by atoms with Crippen LogP contribution >= 0.6 is 0 Å². The van der Waals surface area contributed by atoms with Crippen molar-refractivity contribution in [3.63, 3.8) is 0 Å². The lowest BCUT2D eigenvalue weighted by atomic mass is 9.98. The van der Waals surface area contributed by atoms with Gasteiger partial charge in [0, 0.05) is 0 Å². The van der Waals surface area contributed by atoms with Gasteiger partial charge in [-0.1, -0.05) is 6.42 Å². The lowest BCUT2D eigenvalue weighted by Crippen LogP contribution is -2.23. The molecular formula is C12H22O2. The molecule has 1 saturated carbocycles. The zero-order valence-corrected chi connectivity index (χ0v) is 9.64. The molecule has 1 aliphatic carbocycles. The molecule has 0 saturated heterocycles. The third-order valence-electron chi connectivity index (χ3n) is 2.27. The molecule has 1 fully saturated rings. The van der Waals surface area contributed by atoms with Crippen molar-refractivity contribution in [2.75, 3.05) is 0 Å². The van der Waals surface area contributed by atoms with E-state index in [9.17, 15) is 0 Å². The summed E-state index contributed by atoms with van der Waals surface area (Å²) in [6.45, 7) is 9.80. The highest BCUT2D eigenvalue weighted by molar-refractivity contribution is 4.78. The number of hydrogen-bond acceptors (Lipinski definition) is 2. The van der Waals surface area contributed by atoms with Gasteiger partial charge in [-0.05, 0) is 53.0 Å². The molecule has 14 heavy (non-hydrogen) atoms. The molecule has 0 aromatic heterocycles. The first kappa shape index (κ1) is 11.4. The highest BCUT2D eigenvalue weighted by Crippen LogP contribution is 2.23. The average molecular weight is 198 g/mol. The molecule has 0 radical (unpaired) electrons. The fourth-order valence-corrected chi connectivity index (χ4v) is 1.73. The zero-order valence-electron chi connectivity index (χ0n) is 9.64. The van der Waals surface area contributed by atoms with Crippen molar-refractivity contribution in [3.05, 3.63) is 12.5 Å². The third kappa shape index (κ3) is 4.54. The predicted molar refractivity (Wildman–Crippen MR) is 57.9 cm³/mol. The van der Waals surface area contributed by atoms with Gasteiger partial charge in [0.25, 0.3) is 5.95 Å². The van der Waals surface area contributed by atoms with Gasteiger partial charge in [-0.25, -0.2) is 0 Å². The van der Waals surface area contributed by atoms with Crippen molar-refractivity contribution in [3.8, 4) is 0 Å². The minimum Gasteiger partial charge on any atom is -0.463 e. The van der Waals surface area contributed by atoms with Crippen LogP contribution in [0.25, 0.3) is 0 Å². The minimum absolute atomic E-state index is 0.203. The first-order valence-electron chi connectivity index (χ1n) is 5.52. The quantitative estimate of drug-likeness (QED) is 0.645. The van der Waals surface area contributed by atoms with Crippen LogP contribution in [0.4, 0.5) is 0 Å². The van der Waals surface area contributed by atoms with Crippen molar-refractivity contribution >= 4 is 0 Å². The Morgan fingerprint density at radius 1 is 1.14 bits per heavy atom. The zero-order chi connectivity index (χ0) is 10.6. The summed E-state index contributed by atoms with van der Waals surface area (Å²) < 4.78 is 11.2. The Balaban J connectivity index is 2.25. The van der Waals surface area contributed by atoms with Crippen LogP contribution in [0.5, 0.6) is 0 Å². The summed E-state index contributed by atoms with van der Waals surface area (Å²) in [5.41, 5.74) is -0.203. The molecule has 0 N–H and O–H groups in total. The molecule has 0 unspecified atom stereocenters. The largest absolute Gasteiger partial charge is 0.463 e. The molecule has 0 amide bonds. The monoisotopic (exact) mass is 198 g/mol. The van der Waals surface area contributed by atoms with Gasteiger partial charge >= 0.3 is 0 Å². The second kappa shape index (κ2) is 4.72. The second-order valence-corrected chi connectivity index (χ2v) is 4.96. The maximum absolute atomic E-state index is 5.65. The van der Waals surface area contributed by atoms with E-state index in [-0.39, 0.29) is 5.60 Å². The molecule has 0 aromatic carbocycles. The summed E-state index contributed by atoms with van der Waals surface area (Å²) in [4.78, 5) is 0. The molecular weight excluding hydrogens is 176 g/mol. The van der Waals surface area contributed by atoms with E-state index >= 15 is 0 Å². The van der Waals surface area contributed by atoms with E-state index in [1.165, 1.54) is 19.3 Å². The maximum atomic E-state index is 5.65. The summed E-state index contributed by atoms with van der Waals surface area (Å²) in [7, 11) is 0. The van der Waals surface area contributed by atoms with Crippen LogP contribution < -0.4 is 0 Å². The molecule has 0 atom stereocenters. The Bertz CT molecular complexity index is 185. The first-order valence-corrected chi connectivity index (χ1v) is 5.52. The molecule has 0 spiro atoms. The molecule has 82 valence electrons. The van der Waals surface area contributed by atoms with Crippen LogP contribution in [-0.4, -0.2) is 11.7 Å². The predicted octanol–water partition coefficient (Wildman–Crippen LogP) is 3.62. The summed E-state index contributed by atoms with van der Waals surface area (Å²) >= 11 is 0. The standard InChI is InChI=1S/C12H22O2/c1-10(14-12(2,3)4)13-11-8-6-5-7-9-11/h11H,1,5-9H2,2-4H3. The van der Waals surface area contributed by atoms with Crippen LogP contribution in [0.1, 0.15) is 52.9 Å². The molecule has 0 bridgehead atoms. The minimum atomic E-state index is -0.203. The van der Waals surface area contributed by atoms with E-state index in [4.69, 9.17) is 9.47 Å². The van der Waals surface area contributed by atoms with Gasteiger partial charge in [-0.2, -0.15) is 0 Å². The van der Waals surface area contributed by atoms with Crippen LogP contribution in [-0.2, 0) is 9.47 Å². The van der Waals surface area contributed by atoms with Gasteiger partial charge in [0.15, 0.2) is 0 Å². The Labute approximate surface area is 87.3 Å². The Morgan fingerprint density at radius 2 is 1.71 bits per heavy atom. The van der Waals surface area contributed by atoms with Crippen molar-refractivity contribution in [2.24, 2.45) is 0 Å². The highest BCUT2D eigenvalue weighted by atomic mass is 16.7. The third-order valence-corrected chi connectivity index (χ3v) is 2.27. The topological polar surface area (TPSA) is 18.5 Å². The molecule has 0 aliphatic heterocycles. The summed E-state index contributed by atoms with van der Waals surface area (Å²) in [6, 6.07) is 0. The van der Waals surface area contributed by atoms with Gasteiger partial charge in [-0.3, -0.25) is 0 Å². The lowest BCUT2D eigenvalue weighted by Gasteiger charge is -2.27. The molecule has 1 aliphatic rings. The Hall–Kier alpha value is -0.660. The van der Waals surface area contributed by atoms with Gasteiger partial charge in [0.2, 0.25) is 0 Å². The smallest absolute Gasteiger partial charge is 0.272 e. The van der Waals surface area contributed by atoms with E-state index in [1.807, 2.05) is 20.8 Å². The summed E-state index contributed by atoms with van der Waals surface area (Å²) in [6.07, 6.45) is 6.51. The van der Waals surface area contributed by atoms with Crippen molar-refractivity contribution in [1.82, 2.24) is 0 Å². The SMILES string of the molecule is C=C(OC1CCCCC1)OC(C)(C)C. The van der Waals surface area contributed by atoms with Crippen molar-refractivity contribution in [1.29, 1.82) is 0 Å². The van der Waals surface area contributed by atoms with Crippen LogP contribution in [0.3, 0.4) is 0 Å². The summed E-state index contributed by atoms with van der Waals surface area (Å²) in [5, 5.41) is 0. The summed E-state index contributed by atoms with van der Waals surface area (Å²) in [5.74, 6) is 0.476. The Kier molecular flexibility index (Phi) is 3.85. The second-order valence-electron chi connectivity index (χ2n) is 4.96. The first-order chi connectivity index (χ1) is 6.47. The molecule has 1 rings (SSSR count). The van der Waals surface area contributed by atoms with Gasteiger partial charge in [-0.15, -0.1) is 0 Å². The van der Waals surface area contributed by atoms with Crippen LogP contribution in [0, 0.1) is 0 Å². The van der Waals surface area contributed by atoms with Gasteiger partial charge in [0.1, 0.15) is 11.7 Å². The molecule has 2 heteroatoms. The normalized spacial score (nSPS) is 19.1. The van der Waals surface area contributed by atoms with E-state index in [2.05, 4.69) is 6.58 Å². The van der Waals surface area contributed by atoms with E-state index in [0.717, 1.165) is 12.8 Å². The van der Waals surface area contributed by atoms with Crippen LogP contribution in [0.2, 0.25) is 0 Å². The van der Waals surface area contributed by atoms with E-state index in [1.54, 1.807) is 0 Å². The highest BCUT2D eigenvalue weighted by Gasteiger charge is 2.18. The van der Waals surface area contributed by atoms with Crippen molar-refractivity contribution < 1.29 is 9.47 Å².